The maximum absolute atomic E-state index is 11.9. The summed E-state index contributed by atoms with van der Waals surface area (Å²) in [6.45, 7) is 0.354. The number of nitrogen functional groups attached to an aromatic ring is 1. The Labute approximate surface area is 136 Å². The minimum Gasteiger partial charge on any atom is -0.478 e. The number of esters is 1. The van der Waals surface area contributed by atoms with Crippen LogP contribution >= 0.6 is 11.3 Å². The molecular formula is C16H15NO5S. The van der Waals surface area contributed by atoms with Crippen molar-refractivity contribution in [3.63, 3.8) is 0 Å². The summed E-state index contributed by atoms with van der Waals surface area (Å²) in [5.74, 6) is -1.47. The van der Waals surface area contributed by atoms with Crippen LogP contribution in [0.3, 0.4) is 0 Å². The fourth-order valence-electron chi connectivity index (χ4n) is 2.51. The summed E-state index contributed by atoms with van der Waals surface area (Å²) in [5, 5.41) is 9.55. The number of fused-ring (bicyclic) bond motifs is 1. The summed E-state index contributed by atoms with van der Waals surface area (Å²) in [5.41, 5.74) is 7.06. The van der Waals surface area contributed by atoms with Gasteiger partial charge >= 0.3 is 11.9 Å². The van der Waals surface area contributed by atoms with Gasteiger partial charge in [0, 0.05) is 11.3 Å². The van der Waals surface area contributed by atoms with Crippen LogP contribution in [0, 0.1) is 0 Å². The molecule has 2 heterocycles. The van der Waals surface area contributed by atoms with Gasteiger partial charge in [-0.2, -0.15) is 0 Å². The summed E-state index contributed by atoms with van der Waals surface area (Å²) >= 11 is 1.23. The van der Waals surface area contributed by atoms with Crippen molar-refractivity contribution in [3.8, 4) is 0 Å². The second kappa shape index (κ2) is 6.39. The Balaban J connectivity index is 1.66. The van der Waals surface area contributed by atoms with Gasteiger partial charge in [-0.15, -0.1) is 11.3 Å². The van der Waals surface area contributed by atoms with Crippen molar-refractivity contribution < 1.29 is 24.2 Å². The highest BCUT2D eigenvalue weighted by Crippen LogP contribution is 2.35. The predicted molar refractivity (Wildman–Crippen MR) is 84.7 cm³/mol. The van der Waals surface area contributed by atoms with Crippen molar-refractivity contribution in [2.75, 3.05) is 12.3 Å². The molecule has 1 atom stereocenters. The van der Waals surface area contributed by atoms with Gasteiger partial charge in [-0.05, 0) is 17.7 Å². The lowest BCUT2D eigenvalue weighted by Gasteiger charge is -2.23. The molecule has 23 heavy (non-hydrogen) atoms. The maximum Gasteiger partial charge on any atom is 0.338 e. The SMILES string of the molecule is Nc1sc2c(c1C(=O)O)CC(COC(=O)c1ccccc1)OC2. The number of anilines is 1. The van der Waals surface area contributed by atoms with E-state index >= 15 is 0 Å². The van der Waals surface area contributed by atoms with Gasteiger partial charge in [-0.3, -0.25) is 0 Å². The third-order valence-electron chi connectivity index (χ3n) is 3.62. The first-order valence-electron chi connectivity index (χ1n) is 7.03. The third-order valence-corrected chi connectivity index (χ3v) is 4.66. The van der Waals surface area contributed by atoms with Gasteiger partial charge in [0.25, 0.3) is 0 Å². The number of thiophene rings is 1. The van der Waals surface area contributed by atoms with E-state index in [1.165, 1.54) is 11.3 Å². The number of carboxylic acids is 1. The van der Waals surface area contributed by atoms with Crippen molar-refractivity contribution in [3.05, 3.63) is 51.9 Å². The van der Waals surface area contributed by atoms with E-state index in [2.05, 4.69) is 0 Å². The minimum absolute atomic E-state index is 0.0714. The minimum atomic E-state index is -1.04. The average molecular weight is 333 g/mol. The molecule has 0 radical (unpaired) electrons. The molecule has 0 amide bonds. The van der Waals surface area contributed by atoms with E-state index in [1.54, 1.807) is 24.3 Å². The lowest BCUT2D eigenvalue weighted by Crippen LogP contribution is -2.28. The lowest BCUT2D eigenvalue weighted by molar-refractivity contribution is -0.0212. The highest BCUT2D eigenvalue weighted by atomic mass is 32.1. The highest BCUT2D eigenvalue weighted by Gasteiger charge is 2.29. The van der Waals surface area contributed by atoms with Gasteiger partial charge in [0.05, 0.1) is 23.8 Å². The largest absolute Gasteiger partial charge is 0.478 e. The number of carboxylic acid groups (broad SMARTS) is 1. The number of ether oxygens (including phenoxy) is 2. The fourth-order valence-corrected chi connectivity index (χ4v) is 3.53. The van der Waals surface area contributed by atoms with E-state index in [0.717, 1.165) is 4.88 Å². The normalized spacial score (nSPS) is 16.6. The molecule has 1 aromatic heterocycles. The van der Waals surface area contributed by atoms with Crippen molar-refractivity contribution in [2.45, 2.75) is 19.1 Å². The molecule has 0 saturated heterocycles. The molecule has 1 aliphatic rings. The Morgan fingerprint density at radius 3 is 2.78 bits per heavy atom. The van der Waals surface area contributed by atoms with Crippen LogP contribution in [-0.2, 0) is 22.5 Å². The Morgan fingerprint density at radius 1 is 1.35 bits per heavy atom. The van der Waals surface area contributed by atoms with Crippen LogP contribution in [-0.4, -0.2) is 29.8 Å². The number of carbonyl (C=O) groups is 2. The van der Waals surface area contributed by atoms with E-state index in [-0.39, 0.29) is 29.9 Å². The van der Waals surface area contributed by atoms with Crippen LogP contribution in [0.25, 0.3) is 0 Å². The van der Waals surface area contributed by atoms with E-state index in [0.29, 0.717) is 17.5 Å². The highest BCUT2D eigenvalue weighted by molar-refractivity contribution is 7.16. The quantitative estimate of drug-likeness (QED) is 0.833. The number of rotatable bonds is 4. The third kappa shape index (κ3) is 3.20. The zero-order valence-corrected chi connectivity index (χ0v) is 13.0. The Bertz CT molecular complexity index is 740. The number of carbonyl (C=O) groups excluding carboxylic acids is 1. The zero-order valence-electron chi connectivity index (χ0n) is 12.2. The van der Waals surface area contributed by atoms with Crippen LogP contribution < -0.4 is 5.73 Å². The first-order chi connectivity index (χ1) is 11.1. The molecule has 1 aliphatic heterocycles. The predicted octanol–water partition coefficient (Wildman–Crippen LogP) is 2.33. The standard InChI is InChI=1S/C16H15NO5S/c17-14-13(15(18)19)11-6-10(21-8-12(11)23-14)7-22-16(20)9-4-2-1-3-5-9/h1-5,10H,6-8,17H2,(H,18,19). The molecular weight excluding hydrogens is 318 g/mol. The van der Waals surface area contributed by atoms with Gasteiger partial charge in [0.15, 0.2) is 0 Å². The molecule has 3 rings (SSSR count). The van der Waals surface area contributed by atoms with Crippen LogP contribution in [0.1, 0.15) is 31.2 Å². The number of benzene rings is 1. The maximum atomic E-state index is 11.9. The first-order valence-corrected chi connectivity index (χ1v) is 7.85. The molecule has 2 aromatic rings. The molecule has 0 fully saturated rings. The number of hydrogen-bond acceptors (Lipinski definition) is 6. The molecule has 0 bridgehead atoms. The van der Waals surface area contributed by atoms with Gasteiger partial charge < -0.3 is 20.3 Å². The summed E-state index contributed by atoms with van der Waals surface area (Å²) in [6, 6.07) is 8.67. The summed E-state index contributed by atoms with van der Waals surface area (Å²) in [6.07, 6.45) is -0.00511. The molecule has 0 aliphatic carbocycles. The molecule has 1 aromatic carbocycles. The Morgan fingerprint density at radius 2 is 2.09 bits per heavy atom. The molecule has 1 unspecified atom stereocenters. The van der Waals surface area contributed by atoms with Crippen LogP contribution in [0.4, 0.5) is 5.00 Å². The van der Waals surface area contributed by atoms with E-state index in [4.69, 9.17) is 15.2 Å². The average Bonchev–Trinajstić information content (AvgIpc) is 2.88. The first kappa shape index (κ1) is 15.5. The van der Waals surface area contributed by atoms with Crippen molar-refractivity contribution in [2.24, 2.45) is 0 Å². The summed E-state index contributed by atoms with van der Waals surface area (Å²) in [7, 11) is 0. The second-order valence-electron chi connectivity index (χ2n) is 5.15. The van der Waals surface area contributed by atoms with Gasteiger partial charge in [0.2, 0.25) is 0 Å². The Hall–Kier alpha value is -2.38. The van der Waals surface area contributed by atoms with Gasteiger partial charge in [-0.1, -0.05) is 18.2 Å². The number of hydrogen-bond donors (Lipinski definition) is 2. The summed E-state index contributed by atoms with van der Waals surface area (Å²) < 4.78 is 10.9. The molecule has 7 heteroatoms. The van der Waals surface area contributed by atoms with Gasteiger partial charge in [-0.25, -0.2) is 9.59 Å². The molecule has 0 spiro atoms. The van der Waals surface area contributed by atoms with Crippen LogP contribution in [0.5, 0.6) is 0 Å². The second-order valence-corrected chi connectivity index (χ2v) is 6.29. The van der Waals surface area contributed by atoms with Crippen molar-refractivity contribution >= 4 is 28.3 Å². The van der Waals surface area contributed by atoms with Crippen LogP contribution in [0.2, 0.25) is 0 Å². The van der Waals surface area contributed by atoms with E-state index < -0.39 is 11.9 Å². The van der Waals surface area contributed by atoms with E-state index in [9.17, 15) is 14.7 Å². The molecule has 3 N–H and O–H groups in total. The van der Waals surface area contributed by atoms with Crippen LogP contribution in [0.15, 0.2) is 30.3 Å². The number of nitrogens with two attached hydrogens (primary N) is 1. The zero-order chi connectivity index (χ0) is 16.4. The molecule has 120 valence electrons. The topological polar surface area (TPSA) is 98.9 Å². The van der Waals surface area contributed by atoms with E-state index in [1.807, 2.05) is 6.07 Å². The smallest absolute Gasteiger partial charge is 0.338 e. The fraction of sp³-hybridized carbons (Fsp3) is 0.250. The molecule has 6 nitrogen and oxygen atoms in total. The van der Waals surface area contributed by atoms with Crippen molar-refractivity contribution in [1.82, 2.24) is 0 Å². The summed E-state index contributed by atoms with van der Waals surface area (Å²) in [4.78, 5) is 24.1. The Kier molecular flexibility index (Phi) is 4.31. The van der Waals surface area contributed by atoms with Crippen molar-refractivity contribution in [1.29, 1.82) is 0 Å². The monoisotopic (exact) mass is 333 g/mol. The number of aromatic carboxylic acids is 1. The molecule has 0 saturated carbocycles. The lowest BCUT2D eigenvalue weighted by atomic mass is 10.0. The van der Waals surface area contributed by atoms with Gasteiger partial charge in [0.1, 0.15) is 11.6 Å².